The molecule has 0 unspecified atom stereocenters. The summed E-state index contributed by atoms with van der Waals surface area (Å²) in [7, 11) is 0. The molecule has 1 saturated heterocycles. The van der Waals surface area contributed by atoms with Crippen molar-refractivity contribution in [1.29, 1.82) is 0 Å². The number of aliphatic hydroxyl groups is 1. The molecular formula is C32H31F2N3O2. The number of ether oxygens (including phenoxy) is 1. The van der Waals surface area contributed by atoms with E-state index in [1.165, 1.54) is 0 Å². The summed E-state index contributed by atoms with van der Waals surface area (Å²) in [6, 6.07) is 25.1. The number of β-amino-alcohol motifs (C(OH)–C–C–N with tert-alkyl or cyclic N) is 1. The molecule has 1 N–H and O–H groups in total. The van der Waals surface area contributed by atoms with Crippen molar-refractivity contribution < 1.29 is 18.6 Å². The van der Waals surface area contributed by atoms with Crippen LogP contribution in [0.15, 0.2) is 85.1 Å². The van der Waals surface area contributed by atoms with Gasteiger partial charge in [-0.15, -0.1) is 0 Å². The Morgan fingerprint density at radius 2 is 1.46 bits per heavy atom. The van der Waals surface area contributed by atoms with E-state index in [9.17, 15) is 13.9 Å². The number of halogens is 2. The van der Waals surface area contributed by atoms with Crippen molar-refractivity contribution in [3.05, 3.63) is 107 Å². The van der Waals surface area contributed by atoms with E-state index in [0.29, 0.717) is 6.54 Å². The van der Waals surface area contributed by atoms with Crippen LogP contribution in [0.2, 0.25) is 0 Å². The third-order valence-electron chi connectivity index (χ3n) is 8.58. The number of pyridine rings is 1. The number of hydrogen-bond donors (Lipinski definition) is 1. The highest BCUT2D eigenvalue weighted by Crippen LogP contribution is 2.70. The molecule has 39 heavy (non-hydrogen) atoms. The van der Waals surface area contributed by atoms with E-state index in [0.717, 1.165) is 65.1 Å². The molecule has 1 aliphatic heterocycles. The van der Waals surface area contributed by atoms with Crippen LogP contribution in [-0.4, -0.2) is 71.2 Å². The van der Waals surface area contributed by atoms with E-state index in [2.05, 4.69) is 14.8 Å². The van der Waals surface area contributed by atoms with Crippen LogP contribution < -0.4 is 4.74 Å². The Hall–Kier alpha value is -3.39. The molecule has 200 valence electrons. The molecule has 3 aliphatic rings. The SMILES string of the molecule is O[C@@H](COc1cccc2ncccc12)CN1CCN(C2c3ccccc3[C@H]3[C@H](c4ccccc42)C3(F)F)CC1. The molecule has 2 heterocycles. The quantitative estimate of drug-likeness (QED) is 0.373. The summed E-state index contributed by atoms with van der Waals surface area (Å²) in [5.74, 6) is -3.46. The van der Waals surface area contributed by atoms with Crippen LogP contribution in [0.1, 0.15) is 40.1 Å². The molecule has 4 aromatic rings. The van der Waals surface area contributed by atoms with Gasteiger partial charge in [0.15, 0.2) is 0 Å². The first-order valence-corrected chi connectivity index (χ1v) is 13.7. The second-order valence-corrected chi connectivity index (χ2v) is 10.9. The van der Waals surface area contributed by atoms with Crippen molar-refractivity contribution in [3.63, 3.8) is 0 Å². The zero-order chi connectivity index (χ0) is 26.6. The van der Waals surface area contributed by atoms with Crippen molar-refractivity contribution in [3.8, 4) is 5.75 Å². The summed E-state index contributed by atoms with van der Waals surface area (Å²) >= 11 is 0. The first-order chi connectivity index (χ1) is 19.0. The molecule has 0 radical (unpaired) electrons. The molecule has 0 spiro atoms. The lowest BCUT2D eigenvalue weighted by molar-refractivity contribution is 0.0400. The van der Waals surface area contributed by atoms with Crippen molar-refractivity contribution in [2.24, 2.45) is 0 Å². The molecule has 3 aromatic carbocycles. The maximum absolute atomic E-state index is 15.0. The number of hydrogen-bond acceptors (Lipinski definition) is 5. The first kappa shape index (κ1) is 24.6. The minimum Gasteiger partial charge on any atom is -0.490 e. The average Bonchev–Trinajstić information content (AvgIpc) is 3.58. The third-order valence-corrected chi connectivity index (χ3v) is 8.58. The Bertz CT molecular complexity index is 1440. The topological polar surface area (TPSA) is 48.8 Å². The summed E-state index contributed by atoms with van der Waals surface area (Å²) < 4.78 is 35.9. The van der Waals surface area contributed by atoms with Gasteiger partial charge in [0.05, 0.1) is 23.4 Å². The number of fused-ring (bicyclic) bond motifs is 6. The van der Waals surface area contributed by atoms with Gasteiger partial charge in [0.25, 0.3) is 5.92 Å². The van der Waals surface area contributed by atoms with Gasteiger partial charge in [0.2, 0.25) is 0 Å². The maximum atomic E-state index is 15.0. The fourth-order valence-electron chi connectivity index (χ4n) is 6.69. The van der Waals surface area contributed by atoms with Crippen LogP contribution >= 0.6 is 0 Å². The number of alkyl halides is 2. The van der Waals surface area contributed by atoms with E-state index in [1.54, 1.807) is 6.20 Å². The summed E-state index contributed by atoms with van der Waals surface area (Å²) in [6.07, 6.45) is 1.13. The van der Waals surface area contributed by atoms with Gasteiger partial charge >= 0.3 is 0 Å². The van der Waals surface area contributed by atoms with Gasteiger partial charge < -0.3 is 9.84 Å². The molecule has 5 nitrogen and oxygen atoms in total. The smallest absolute Gasteiger partial charge is 0.263 e. The lowest BCUT2D eigenvalue weighted by Crippen LogP contribution is -2.50. The van der Waals surface area contributed by atoms with E-state index in [-0.39, 0.29) is 12.6 Å². The normalized spacial score (nSPS) is 23.4. The molecule has 0 bridgehead atoms. The van der Waals surface area contributed by atoms with Crippen LogP contribution in [-0.2, 0) is 0 Å². The number of aliphatic hydroxyl groups excluding tert-OH is 1. The largest absolute Gasteiger partial charge is 0.490 e. The van der Waals surface area contributed by atoms with E-state index >= 15 is 0 Å². The summed E-state index contributed by atoms with van der Waals surface area (Å²) in [4.78, 5) is 9.04. The van der Waals surface area contributed by atoms with Crippen molar-refractivity contribution in [2.45, 2.75) is 29.9 Å². The molecular weight excluding hydrogens is 496 g/mol. The Kier molecular flexibility index (Phi) is 6.10. The minimum atomic E-state index is -2.70. The van der Waals surface area contributed by atoms with Gasteiger partial charge in [0.1, 0.15) is 18.5 Å². The standard InChI is InChI=1S/C32H31F2N3O2/c33-32(34)29-22-7-1-3-9-24(22)31(25-10-4-2-8-23(25)30(29)32)37-17-15-36(16-18-37)19-21(38)20-39-28-13-5-12-27-26(28)11-6-14-35-27/h1-14,21,29-31,38H,15-20H2/t21-,29+,30+/m1/s1. The molecule has 2 aliphatic carbocycles. The summed E-state index contributed by atoms with van der Waals surface area (Å²) in [5, 5.41) is 11.7. The molecule has 3 atom stereocenters. The maximum Gasteiger partial charge on any atom is 0.263 e. The van der Waals surface area contributed by atoms with Crippen molar-refractivity contribution in [1.82, 2.24) is 14.8 Å². The molecule has 7 rings (SSSR count). The van der Waals surface area contributed by atoms with Gasteiger partial charge in [-0.3, -0.25) is 14.8 Å². The number of rotatable bonds is 6. The molecule has 2 fully saturated rings. The van der Waals surface area contributed by atoms with Gasteiger partial charge in [-0.25, -0.2) is 8.78 Å². The van der Waals surface area contributed by atoms with Gasteiger partial charge in [-0.1, -0.05) is 54.6 Å². The van der Waals surface area contributed by atoms with Crippen LogP contribution in [0.25, 0.3) is 10.9 Å². The lowest BCUT2D eigenvalue weighted by Gasteiger charge is -2.41. The molecule has 7 heteroatoms. The summed E-state index contributed by atoms with van der Waals surface area (Å²) in [5.41, 5.74) is 4.44. The number of nitrogens with zero attached hydrogens (tertiary/aromatic N) is 3. The minimum absolute atomic E-state index is 0.0450. The number of aromatic nitrogens is 1. The predicted octanol–water partition coefficient (Wildman–Crippen LogP) is 5.21. The van der Waals surface area contributed by atoms with Gasteiger partial charge in [0, 0.05) is 44.3 Å². The number of benzene rings is 3. The first-order valence-electron chi connectivity index (χ1n) is 13.7. The van der Waals surface area contributed by atoms with Gasteiger partial charge in [-0.2, -0.15) is 0 Å². The van der Waals surface area contributed by atoms with Gasteiger partial charge in [-0.05, 0) is 46.5 Å². The average molecular weight is 528 g/mol. The zero-order valence-corrected chi connectivity index (χ0v) is 21.6. The third kappa shape index (κ3) is 4.29. The monoisotopic (exact) mass is 527 g/mol. The van der Waals surface area contributed by atoms with Crippen molar-refractivity contribution in [2.75, 3.05) is 39.3 Å². The molecule has 1 saturated carbocycles. The Balaban J connectivity index is 1.04. The Labute approximate surface area is 226 Å². The van der Waals surface area contributed by atoms with Crippen LogP contribution in [0.3, 0.4) is 0 Å². The second-order valence-electron chi connectivity index (χ2n) is 10.9. The molecule has 0 amide bonds. The van der Waals surface area contributed by atoms with E-state index < -0.39 is 23.9 Å². The fraction of sp³-hybridized carbons (Fsp3) is 0.344. The van der Waals surface area contributed by atoms with Crippen LogP contribution in [0.4, 0.5) is 8.78 Å². The Morgan fingerprint density at radius 3 is 2.13 bits per heavy atom. The second kappa shape index (κ2) is 9.66. The van der Waals surface area contributed by atoms with E-state index in [4.69, 9.17) is 4.74 Å². The highest BCUT2D eigenvalue weighted by molar-refractivity contribution is 5.84. The number of piperazine rings is 1. The van der Waals surface area contributed by atoms with Crippen LogP contribution in [0.5, 0.6) is 5.75 Å². The Morgan fingerprint density at radius 1 is 0.821 bits per heavy atom. The molecule has 1 aromatic heterocycles. The predicted molar refractivity (Wildman–Crippen MR) is 146 cm³/mol. The van der Waals surface area contributed by atoms with Crippen LogP contribution in [0, 0.1) is 0 Å². The zero-order valence-electron chi connectivity index (χ0n) is 21.6. The lowest BCUT2D eigenvalue weighted by atomic mass is 9.90. The van der Waals surface area contributed by atoms with Crippen molar-refractivity contribution >= 4 is 10.9 Å². The fourth-order valence-corrected chi connectivity index (χ4v) is 6.69. The highest BCUT2D eigenvalue weighted by atomic mass is 19.3. The summed E-state index contributed by atoms with van der Waals surface area (Å²) in [6.45, 7) is 3.89. The van der Waals surface area contributed by atoms with E-state index in [1.807, 2.05) is 78.9 Å². The highest BCUT2D eigenvalue weighted by Gasteiger charge is 2.71.